The van der Waals surface area contributed by atoms with Crippen LogP contribution in [-0.4, -0.2) is 18.2 Å². The number of nitrogens with two attached hydrogens (primary N) is 1. The topological polar surface area (TPSA) is 79.9 Å². The third kappa shape index (κ3) is 5.31. The summed E-state index contributed by atoms with van der Waals surface area (Å²) < 4.78 is 5.07. The maximum absolute atomic E-state index is 10.0. The molecule has 0 heterocycles. The van der Waals surface area contributed by atoms with Gasteiger partial charge < -0.3 is 20.9 Å². The summed E-state index contributed by atoms with van der Waals surface area (Å²) in [7, 11) is 1.51. The number of aryl methyl sites for hydroxylation is 2. The highest BCUT2D eigenvalue weighted by atomic mass is 127. The molecule has 0 radical (unpaired) electrons. The molecule has 0 unspecified atom stereocenters. The molecule has 0 fully saturated rings. The number of aliphatic imine (C=N–C) groups is 1. The van der Waals surface area contributed by atoms with E-state index in [1.165, 1.54) is 7.11 Å². The van der Waals surface area contributed by atoms with Crippen molar-refractivity contribution in [3.05, 3.63) is 53.1 Å². The normalized spacial score (nSPS) is 10.8. The summed E-state index contributed by atoms with van der Waals surface area (Å²) in [6.45, 7) is 4.33. The number of anilines is 1. The van der Waals surface area contributed by atoms with Crippen molar-refractivity contribution in [3.63, 3.8) is 0 Å². The molecule has 0 spiro atoms. The Labute approximate surface area is 153 Å². The molecule has 2 rings (SSSR count). The summed E-state index contributed by atoms with van der Waals surface area (Å²) >= 11 is 0. The number of guanidine groups is 1. The average molecular weight is 427 g/mol. The number of benzene rings is 2. The summed E-state index contributed by atoms with van der Waals surface area (Å²) in [6, 6.07) is 11.4. The molecule has 6 heteroatoms. The first kappa shape index (κ1) is 19.1. The van der Waals surface area contributed by atoms with Crippen molar-refractivity contribution in [2.24, 2.45) is 10.7 Å². The lowest BCUT2D eigenvalue weighted by Crippen LogP contribution is -2.22. The van der Waals surface area contributed by atoms with Gasteiger partial charge in [0.2, 0.25) is 0 Å². The molecule has 0 saturated carbocycles. The van der Waals surface area contributed by atoms with Gasteiger partial charge in [0.05, 0.1) is 13.7 Å². The Hall–Kier alpha value is -1.96. The van der Waals surface area contributed by atoms with Gasteiger partial charge in [-0.25, -0.2) is 4.99 Å². The van der Waals surface area contributed by atoms with E-state index in [-0.39, 0.29) is 36.3 Å². The van der Waals surface area contributed by atoms with E-state index in [4.69, 9.17) is 10.5 Å². The van der Waals surface area contributed by atoms with Crippen LogP contribution in [0.15, 0.2) is 41.4 Å². The highest BCUT2D eigenvalue weighted by Gasteiger charge is 2.06. The van der Waals surface area contributed by atoms with E-state index < -0.39 is 0 Å². The first-order valence-corrected chi connectivity index (χ1v) is 6.99. The number of aromatic hydroxyl groups is 1. The van der Waals surface area contributed by atoms with Crippen LogP contribution in [0.4, 0.5) is 5.69 Å². The zero-order chi connectivity index (χ0) is 16.1. The molecule has 23 heavy (non-hydrogen) atoms. The SMILES string of the molecule is COc1cccc(CN=C(N)Nc2cc(C)cc(C)c2)c1O.I. The van der Waals surface area contributed by atoms with Crippen LogP contribution in [0.25, 0.3) is 0 Å². The molecule has 0 aromatic heterocycles. The van der Waals surface area contributed by atoms with Gasteiger partial charge in [-0.15, -0.1) is 24.0 Å². The molecule has 124 valence electrons. The number of hydrogen-bond donors (Lipinski definition) is 3. The molecule has 0 saturated heterocycles. The van der Waals surface area contributed by atoms with E-state index in [1.807, 2.05) is 26.0 Å². The van der Waals surface area contributed by atoms with E-state index in [0.717, 1.165) is 16.8 Å². The van der Waals surface area contributed by atoms with Gasteiger partial charge in [0.15, 0.2) is 17.5 Å². The number of hydrogen-bond acceptors (Lipinski definition) is 3. The van der Waals surface area contributed by atoms with Gasteiger partial charge in [0, 0.05) is 11.3 Å². The van der Waals surface area contributed by atoms with Crippen LogP contribution in [-0.2, 0) is 6.54 Å². The van der Waals surface area contributed by atoms with Gasteiger partial charge in [-0.2, -0.15) is 0 Å². The van der Waals surface area contributed by atoms with Crippen LogP contribution in [0.5, 0.6) is 11.5 Å². The molecule has 0 aliphatic heterocycles. The number of phenolic OH excluding ortho intramolecular Hbond substituents is 1. The number of nitrogens with one attached hydrogen (secondary N) is 1. The second kappa shape index (κ2) is 8.61. The summed E-state index contributed by atoms with van der Waals surface area (Å²) in [6.07, 6.45) is 0. The lowest BCUT2D eigenvalue weighted by Gasteiger charge is -2.09. The summed E-state index contributed by atoms with van der Waals surface area (Å²) in [4.78, 5) is 4.25. The predicted octanol–water partition coefficient (Wildman–Crippen LogP) is 3.56. The average Bonchev–Trinajstić information content (AvgIpc) is 2.45. The number of phenols is 1. The molecule has 0 bridgehead atoms. The van der Waals surface area contributed by atoms with Crippen molar-refractivity contribution >= 4 is 35.6 Å². The third-order valence-corrected chi connectivity index (χ3v) is 3.22. The lowest BCUT2D eigenvalue weighted by molar-refractivity contribution is 0.370. The monoisotopic (exact) mass is 427 g/mol. The third-order valence-electron chi connectivity index (χ3n) is 3.22. The quantitative estimate of drug-likeness (QED) is 0.396. The Morgan fingerprint density at radius 2 is 1.87 bits per heavy atom. The summed E-state index contributed by atoms with van der Waals surface area (Å²) in [5.41, 5.74) is 9.76. The van der Waals surface area contributed by atoms with Crippen molar-refractivity contribution < 1.29 is 9.84 Å². The number of halogens is 1. The molecule has 0 aliphatic rings. The van der Waals surface area contributed by atoms with Gasteiger partial charge in [-0.05, 0) is 43.2 Å². The fourth-order valence-corrected chi connectivity index (χ4v) is 2.26. The van der Waals surface area contributed by atoms with Crippen LogP contribution in [0.1, 0.15) is 16.7 Å². The van der Waals surface area contributed by atoms with Crippen LogP contribution in [0, 0.1) is 13.8 Å². The minimum Gasteiger partial charge on any atom is -0.504 e. The fourth-order valence-electron chi connectivity index (χ4n) is 2.26. The van der Waals surface area contributed by atoms with Crippen molar-refractivity contribution in [2.45, 2.75) is 20.4 Å². The van der Waals surface area contributed by atoms with Crippen molar-refractivity contribution in [1.29, 1.82) is 0 Å². The minimum atomic E-state index is 0. The van der Waals surface area contributed by atoms with Crippen LogP contribution >= 0.6 is 24.0 Å². The first-order valence-electron chi connectivity index (χ1n) is 6.99. The van der Waals surface area contributed by atoms with Crippen molar-refractivity contribution in [2.75, 3.05) is 12.4 Å². The van der Waals surface area contributed by atoms with Crippen molar-refractivity contribution in [1.82, 2.24) is 0 Å². The zero-order valence-electron chi connectivity index (χ0n) is 13.5. The largest absolute Gasteiger partial charge is 0.504 e. The molecular weight excluding hydrogens is 405 g/mol. The Kier molecular flexibility index (Phi) is 7.15. The second-order valence-corrected chi connectivity index (χ2v) is 5.17. The molecule has 5 nitrogen and oxygen atoms in total. The molecular formula is C17H22IN3O2. The molecule has 0 amide bonds. The second-order valence-electron chi connectivity index (χ2n) is 5.17. The Bertz CT molecular complexity index is 682. The van der Waals surface area contributed by atoms with E-state index in [1.54, 1.807) is 18.2 Å². The molecule has 4 N–H and O–H groups in total. The highest BCUT2D eigenvalue weighted by Crippen LogP contribution is 2.29. The van der Waals surface area contributed by atoms with E-state index in [0.29, 0.717) is 17.3 Å². The minimum absolute atomic E-state index is 0. The van der Waals surface area contributed by atoms with Crippen LogP contribution in [0.3, 0.4) is 0 Å². The Morgan fingerprint density at radius 3 is 2.48 bits per heavy atom. The van der Waals surface area contributed by atoms with Crippen LogP contribution in [0.2, 0.25) is 0 Å². The molecule has 0 atom stereocenters. The van der Waals surface area contributed by atoms with Gasteiger partial charge in [-0.1, -0.05) is 18.2 Å². The molecule has 2 aromatic carbocycles. The summed E-state index contributed by atoms with van der Waals surface area (Å²) in [5.74, 6) is 0.814. The number of nitrogens with zero attached hydrogens (tertiary/aromatic N) is 1. The smallest absolute Gasteiger partial charge is 0.193 e. The van der Waals surface area contributed by atoms with Gasteiger partial charge in [0.1, 0.15) is 0 Å². The number of ether oxygens (including phenoxy) is 1. The molecule has 2 aromatic rings. The Morgan fingerprint density at radius 1 is 1.22 bits per heavy atom. The zero-order valence-corrected chi connectivity index (χ0v) is 15.8. The maximum Gasteiger partial charge on any atom is 0.193 e. The van der Waals surface area contributed by atoms with Crippen molar-refractivity contribution in [3.8, 4) is 11.5 Å². The van der Waals surface area contributed by atoms with E-state index >= 15 is 0 Å². The highest BCUT2D eigenvalue weighted by molar-refractivity contribution is 14.0. The molecule has 0 aliphatic carbocycles. The van der Waals surface area contributed by atoms with Gasteiger partial charge in [0.25, 0.3) is 0 Å². The predicted molar refractivity (Wildman–Crippen MR) is 105 cm³/mol. The fraction of sp³-hybridized carbons (Fsp3) is 0.235. The standard InChI is InChI=1S/C17H21N3O2.HI/c1-11-7-12(2)9-14(8-11)20-17(18)19-10-13-5-4-6-15(22-3)16(13)21;/h4-9,21H,10H2,1-3H3,(H3,18,19,20);1H. The maximum atomic E-state index is 10.0. The summed E-state index contributed by atoms with van der Waals surface area (Å²) in [5, 5.41) is 13.1. The number of rotatable bonds is 4. The van der Waals surface area contributed by atoms with Gasteiger partial charge >= 0.3 is 0 Å². The van der Waals surface area contributed by atoms with Crippen LogP contribution < -0.4 is 15.8 Å². The lowest BCUT2D eigenvalue weighted by atomic mass is 10.1. The number of para-hydroxylation sites is 1. The van der Waals surface area contributed by atoms with E-state index in [9.17, 15) is 5.11 Å². The van der Waals surface area contributed by atoms with E-state index in [2.05, 4.69) is 16.4 Å². The first-order chi connectivity index (χ1) is 10.5. The number of methoxy groups -OCH3 is 1. The Balaban J connectivity index is 0.00000264. The van der Waals surface area contributed by atoms with Gasteiger partial charge in [-0.3, -0.25) is 0 Å².